The Morgan fingerprint density at radius 1 is 1.27 bits per heavy atom. The number of aryl methyl sites for hydroxylation is 2. The molecule has 0 saturated carbocycles. The fraction of sp³-hybridized carbons (Fsp3) is 0.524. The highest BCUT2D eigenvalue weighted by atomic mass is 16.4. The molecule has 0 radical (unpaired) electrons. The van der Waals surface area contributed by atoms with Crippen LogP contribution in [-0.4, -0.2) is 41.3 Å². The summed E-state index contributed by atoms with van der Waals surface area (Å²) in [6, 6.07) is 8.78. The van der Waals surface area contributed by atoms with Gasteiger partial charge in [-0.3, -0.25) is 4.79 Å². The molecule has 0 spiro atoms. The SMILES string of the molecule is CCc1nc(C)c(C(=O)N2CCCC[C@@H]2c2ccc(CN(C)C)cc2)o1. The zero-order valence-corrected chi connectivity index (χ0v) is 16.3. The molecule has 1 fully saturated rings. The molecule has 1 aliphatic rings. The smallest absolute Gasteiger partial charge is 0.292 e. The third-order valence-electron chi connectivity index (χ3n) is 4.96. The molecule has 2 aromatic rings. The zero-order chi connectivity index (χ0) is 18.7. The molecular formula is C21H29N3O2. The summed E-state index contributed by atoms with van der Waals surface area (Å²) in [5.74, 6) is 1.00. The third-order valence-corrected chi connectivity index (χ3v) is 4.96. The fourth-order valence-corrected chi connectivity index (χ4v) is 3.66. The molecule has 0 aliphatic carbocycles. The van der Waals surface area contributed by atoms with E-state index in [1.54, 1.807) is 0 Å². The molecule has 26 heavy (non-hydrogen) atoms. The largest absolute Gasteiger partial charge is 0.435 e. The molecule has 2 heterocycles. The molecule has 1 aromatic heterocycles. The highest BCUT2D eigenvalue weighted by molar-refractivity contribution is 5.92. The minimum Gasteiger partial charge on any atom is -0.435 e. The first kappa shape index (κ1) is 18.6. The second-order valence-electron chi connectivity index (χ2n) is 7.37. The van der Waals surface area contributed by atoms with Crippen molar-refractivity contribution in [3.05, 3.63) is 52.7 Å². The Bertz CT molecular complexity index is 749. The fourth-order valence-electron chi connectivity index (χ4n) is 3.66. The molecule has 0 bridgehead atoms. The Hall–Kier alpha value is -2.14. The molecule has 0 N–H and O–H groups in total. The van der Waals surface area contributed by atoms with Crippen LogP contribution in [0.5, 0.6) is 0 Å². The van der Waals surface area contributed by atoms with Crippen molar-refractivity contribution in [2.75, 3.05) is 20.6 Å². The van der Waals surface area contributed by atoms with Crippen molar-refractivity contribution < 1.29 is 9.21 Å². The van der Waals surface area contributed by atoms with Crippen LogP contribution in [0.4, 0.5) is 0 Å². The van der Waals surface area contributed by atoms with Gasteiger partial charge in [0.2, 0.25) is 5.76 Å². The minimum absolute atomic E-state index is 0.0308. The molecular weight excluding hydrogens is 326 g/mol. The molecule has 1 aromatic carbocycles. The molecule has 0 unspecified atom stereocenters. The quantitative estimate of drug-likeness (QED) is 0.814. The molecule has 140 valence electrons. The minimum atomic E-state index is -0.0308. The first-order valence-corrected chi connectivity index (χ1v) is 9.50. The van der Waals surface area contributed by atoms with Crippen molar-refractivity contribution in [3.63, 3.8) is 0 Å². The number of carbonyl (C=O) groups excluding carboxylic acids is 1. The number of likely N-dealkylation sites (tertiary alicyclic amines) is 1. The summed E-state index contributed by atoms with van der Waals surface area (Å²) in [5.41, 5.74) is 3.18. The number of amides is 1. The molecule has 5 nitrogen and oxygen atoms in total. The topological polar surface area (TPSA) is 49.6 Å². The zero-order valence-electron chi connectivity index (χ0n) is 16.3. The van der Waals surface area contributed by atoms with Gasteiger partial charge in [-0.15, -0.1) is 0 Å². The normalized spacial score (nSPS) is 17.7. The average molecular weight is 355 g/mol. The Morgan fingerprint density at radius 2 is 2.00 bits per heavy atom. The van der Waals surface area contributed by atoms with E-state index in [0.29, 0.717) is 23.8 Å². The highest BCUT2D eigenvalue weighted by Crippen LogP contribution is 2.33. The third kappa shape index (κ3) is 3.98. The van der Waals surface area contributed by atoms with Crippen LogP contribution in [0.3, 0.4) is 0 Å². The van der Waals surface area contributed by atoms with Gasteiger partial charge in [0.1, 0.15) is 0 Å². The van der Waals surface area contributed by atoms with Crippen LogP contribution < -0.4 is 0 Å². The maximum atomic E-state index is 13.1. The van der Waals surface area contributed by atoms with Gasteiger partial charge >= 0.3 is 0 Å². The average Bonchev–Trinajstić information content (AvgIpc) is 3.02. The first-order valence-electron chi connectivity index (χ1n) is 9.50. The summed E-state index contributed by atoms with van der Waals surface area (Å²) in [5, 5.41) is 0. The Kier molecular flexibility index (Phi) is 5.77. The van der Waals surface area contributed by atoms with E-state index < -0.39 is 0 Å². The monoisotopic (exact) mass is 355 g/mol. The number of oxazole rings is 1. The van der Waals surface area contributed by atoms with Gasteiger partial charge in [0.05, 0.1) is 11.7 Å². The Labute approximate surface area is 156 Å². The molecule has 5 heteroatoms. The van der Waals surface area contributed by atoms with Crippen LogP contribution in [0.2, 0.25) is 0 Å². The predicted octanol–water partition coefficient (Wildman–Crippen LogP) is 3.97. The lowest BCUT2D eigenvalue weighted by Crippen LogP contribution is -2.38. The van der Waals surface area contributed by atoms with E-state index >= 15 is 0 Å². The van der Waals surface area contributed by atoms with Crippen molar-refractivity contribution >= 4 is 5.91 Å². The van der Waals surface area contributed by atoms with Crippen molar-refractivity contribution in [3.8, 4) is 0 Å². The summed E-state index contributed by atoms with van der Waals surface area (Å²) in [7, 11) is 4.14. The summed E-state index contributed by atoms with van der Waals surface area (Å²) < 4.78 is 5.72. The number of carbonyl (C=O) groups is 1. The van der Waals surface area contributed by atoms with Gasteiger partial charge in [0.25, 0.3) is 5.91 Å². The van der Waals surface area contributed by atoms with Crippen LogP contribution in [0, 0.1) is 6.92 Å². The first-order chi connectivity index (χ1) is 12.5. The van der Waals surface area contributed by atoms with Crippen molar-refractivity contribution in [2.45, 2.75) is 52.1 Å². The van der Waals surface area contributed by atoms with E-state index in [0.717, 1.165) is 32.4 Å². The van der Waals surface area contributed by atoms with Crippen LogP contribution >= 0.6 is 0 Å². The van der Waals surface area contributed by atoms with Gasteiger partial charge in [-0.25, -0.2) is 4.98 Å². The Balaban J connectivity index is 1.83. The van der Waals surface area contributed by atoms with E-state index in [2.05, 4.69) is 48.2 Å². The number of piperidine rings is 1. The standard InChI is InChI=1S/C21H29N3O2/c1-5-19-22-15(2)20(26-19)21(25)24-13-7-6-8-18(24)17-11-9-16(10-12-17)14-23(3)4/h9-12,18H,5-8,13-14H2,1-4H3/t18-/m1/s1. The van der Waals surface area contributed by atoms with E-state index in [1.807, 2.05) is 18.7 Å². The van der Waals surface area contributed by atoms with Crippen molar-refractivity contribution in [1.29, 1.82) is 0 Å². The molecule has 3 rings (SSSR count). The van der Waals surface area contributed by atoms with Gasteiger partial charge in [0, 0.05) is 19.5 Å². The highest BCUT2D eigenvalue weighted by Gasteiger charge is 2.31. The molecule has 1 atom stereocenters. The van der Waals surface area contributed by atoms with Crippen LogP contribution in [0.15, 0.2) is 28.7 Å². The number of nitrogens with zero attached hydrogens (tertiary/aromatic N) is 3. The summed E-state index contributed by atoms with van der Waals surface area (Å²) >= 11 is 0. The van der Waals surface area contributed by atoms with E-state index in [9.17, 15) is 4.79 Å². The molecule has 1 amide bonds. The molecule has 1 aliphatic heterocycles. The lowest BCUT2D eigenvalue weighted by Gasteiger charge is -2.35. The summed E-state index contributed by atoms with van der Waals surface area (Å²) in [6.45, 7) is 5.53. The Morgan fingerprint density at radius 3 is 2.62 bits per heavy atom. The van der Waals surface area contributed by atoms with Gasteiger partial charge in [-0.2, -0.15) is 0 Å². The van der Waals surface area contributed by atoms with Crippen LogP contribution in [0.25, 0.3) is 0 Å². The number of hydrogen-bond acceptors (Lipinski definition) is 4. The van der Waals surface area contributed by atoms with Crippen LogP contribution in [0.1, 0.15) is 65.5 Å². The number of rotatable bonds is 5. The van der Waals surface area contributed by atoms with E-state index in [-0.39, 0.29) is 11.9 Å². The number of benzene rings is 1. The maximum absolute atomic E-state index is 13.1. The summed E-state index contributed by atoms with van der Waals surface area (Å²) in [6.07, 6.45) is 3.87. The molecule has 1 saturated heterocycles. The second-order valence-corrected chi connectivity index (χ2v) is 7.37. The van der Waals surface area contributed by atoms with Gasteiger partial charge in [-0.1, -0.05) is 31.2 Å². The maximum Gasteiger partial charge on any atom is 0.292 e. The van der Waals surface area contributed by atoms with Crippen molar-refractivity contribution in [2.24, 2.45) is 0 Å². The number of hydrogen-bond donors (Lipinski definition) is 0. The van der Waals surface area contributed by atoms with Gasteiger partial charge < -0.3 is 14.2 Å². The lowest BCUT2D eigenvalue weighted by molar-refractivity contribution is 0.0576. The predicted molar refractivity (Wildman–Crippen MR) is 102 cm³/mol. The second kappa shape index (κ2) is 8.04. The van der Waals surface area contributed by atoms with E-state index in [1.165, 1.54) is 11.1 Å². The van der Waals surface area contributed by atoms with Gasteiger partial charge in [-0.05, 0) is 51.4 Å². The number of aromatic nitrogens is 1. The van der Waals surface area contributed by atoms with Gasteiger partial charge in [0.15, 0.2) is 5.89 Å². The van der Waals surface area contributed by atoms with Crippen LogP contribution in [-0.2, 0) is 13.0 Å². The van der Waals surface area contributed by atoms with Crippen molar-refractivity contribution in [1.82, 2.24) is 14.8 Å². The lowest BCUT2D eigenvalue weighted by atomic mass is 9.94. The van der Waals surface area contributed by atoms with E-state index in [4.69, 9.17) is 4.42 Å². The summed E-state index contributed by atoms with van der Waals surface area (Å²) in [4.78, 5) is 21.6.